The van der Waals surface area contributed by atoms with E-state index in [-0.39, 0.29) is 40.7 Å². The van der Waals surface area contributed by atoms with Crippen molar-refractivity contribution in [2.45, 2.75) is 158 Å². The lowest BCUT2D eigenvalue weighted by Gasteiger charge is -2.66. The Morgan fingerprint density at radius 1 is 0.898 bits per heavy atom. The van der Waals surface area contributed by atoms with Gasteiger partial charge in [-0.15, -0.1) is 0 Å². The number of hydrogen-bond acceptors (Lipinski definition) is 13. The van der Waals surface area contributed by atoms with Crippen molar-refractivity contribution in [1.82, 2.24) is 0 Å². The number of cyclic esters (lactones) is 1. The molecule has 4 saturated carbocycles. The van der Waals surface area contributed by atoms with Gasteiger partial charge in [0.1, 0.15) is 37.1 Å². The number of methoxy groups -OCH3 is 1. The third-order valence-electron chi connectivity index (χ3n) is 14.5. The molecule has 6 fully saturated rings. The molecule has 7 aliphatic rings. The lowest BCUT2D eigenvalue weighted by molar-refractivity contribution is -0.347. The first-order valence-electron chi connectivity index (χ1n) is 18.3. The van der Waals surface area contributed by atoms with Crippen LogP contribution in [0.3, 0.4) is 0 Å². The van der Waals surface area contributed by atoms with Crippen molar-refractivity contribution in [3.8, 4) is 0 Å². The molecule has 1 unspecified atom stereocenters. The molecule has 13 heteroatoms. The zero-order chi connectivity index (χ0) is 35.1. The van der Waals surface area contributed by atoms with Crippen LogP contribution in [0.2, 0.25) is 0 Å². The van der Waals surface area contributed by atoms with Crippen LogP contribution in [-0.2, 0) is 33.2 Å². The van der Waals surface area contributed by atoms with E-state index >= 15 is 0 Å². The van der Waals surface area contributed by atoms with Crippen LogP contribution in [0.4, 0.5) is 0 Å². The second-order valence-electron chi connectivity index (χ2n) is 16.6. The quantitative estimate of drug-likeness (QED) is 0.164. The maximum Gasteiger partial charge on any atom is 0.331 e. The highest BCUT2D eigenvalue weighted by molar-refractivity contribution is 5.85. The summed E-state index contributed by atoms with van der Waals surface area (Å²) in [7, 11) is 1.55. The van der Waals surface area contributed by atoms with E-state index in [1.54, 1.807) is 20.1 Å². The summed E-state index contributed by atoms with van der Waals surface area (Å²) < 4.78 is 35.4. The van der Waals surface area contributed by atoms with Crippen LogP contribution in [0.15, 0.2) is 11.6 Å². The number of aliphatic hydroxyl groups excluding tert-OH is 4. The number of esters is 1. The van der Waals surface area contributed by atoms with Crippen LogP contribution in [0.1, 0.15) is 85.0 Å². The molecule has 0 radical (unpaired) electrons. The van der Waals surface area contributed by atoms with Gasteiger partial charge in [-0.1, -0.05) is 13.8 Å². The molecule has 4 aliphatic carbocycles. The Morgan fingerprint density at radius 2 is 1.63 bits per heavy atom. The first-order valence-corrected chi connectivity index (χ1v) is 18.3. The molecule has 3 heterocycles. The second kappa shape index (κ2) is 13.0. The summed E-state index contributed by atoms with van der Waals surface area (Å²) in [5.41, 5.74) is -1.52. The SMILES string of the molecule is CO[C@H]1C[C@H](O[C@H]2CC[C@]3(C)[C@H]4CC[C@]5(C)[C@@H](C6=CC(=O)OC6)CC[C@]5(O)[C@@H]4CCC3(O)C2)O[C@H](C)[C@H]1O[C@@H]1O[C@H](CO)[C@@H](O)[C@H](O)[C@H]1O. The molecule has 0 aromatic heterocycles. The Hall–Kier alpha value is -1.23. The number of fused-ring (bicyclic) bond motifs is 5. The molecule has 49 heavy (non-hydrogen) atoms. The smallest absolute Gasteiger partial charge is 0.331 e. The number of aliphatic hydroxyl groups is 6. The Labute approximate surface area is 287 Å². The van der Waals surface area contributed by atoms with Gasteiger partial charge in [0.15, 0.2) is 12.6 Å². The van der Waals surface area contributed by atoms with Gasteiger partial charge in [0.05, 0.1) is 36.1 Å². The van der Waals surface area contributed by atoms with Crippen molar-refractivity contribution in [1.29, 1.82) is 0 Å². The zero-order valence-corrected chi connectivity index (χ0v) is 29.1. The number of hydrogen-bond donors (Lipinski definition) is 6. The average Bonchev–Trinajstić information content (AvgIpc) is 3.61. The fraction of sp³-hybridized carbons (Fsp3) is 0.917. The average molecular weight is 697 g/mol. The summed E-state index contributed by atoms with van der Waals surface area (Å²) in [6, 6.07) is 0. The fourth-order valence-corrected chi connectivity index (χ4v) is 11.5. The minimum atomic E-state index is -1.56. The standard InChI is InChI=1S/C36H56O13/c1-18-31(49-32-30(41)29(40)28(39)25(16-37)48-32)24(44-4)14-27(46-18)47-20-5-9-33(2)22-6-10-34(3)21(19-13-26(38)45-17-19)8-12-36(34,43)23(22)7-11-35(33,42)15-20/h13,18,20-25,27-32,37,39-43H,5-12,14-17H2,1-4H3/t18-,20+,21-,22+,23-,24+,25-,27+,28-,29+,30-,31-,32+,33-,34-,35?,36+/m1/s1. The Bertz CT molecular complexity index is 1280. The van der Waals surface area contributed by atoms with Crippen LogP contribution in [0.25, 0.3) is 0 Å². The second-order valence-corrected chi connectivity index (χ2v) is 16.6. The van der Waals surface area contributed by atoms with Crippen molar-refractivity contribution < 1.29 is 63.9 Å². The minimum Gasteiger partial charge on any atom is -0.458 e. The van der Waals surface area contributed by atoms with Gasteiger partial charge in [0.2, 0.25) is 0 Å². The molecule has 0 aromatic rings. The first-order chi connectivity index (χ1) is 23.2. The summed E-state index contributed by atoms with van der Waals surface area (Å²) in [5.74, 6) is 0.0783. The summed E-state index contributed by atoms with van der Waals surface area (Å²) in [4.78, 5) is 11.9. The van der Waals surface area contributed by atoms with E-state index < -0.39 is 73.1 Å². The van der Waals surface area contributed by atoms with Crippen molar-refractivity contribution >= 4 is 5.97 Å². The van der Waals surface area contributed by atoms with E-state index in [1.165, 1.54) is 0 Å². The van der Waals surface area contributed by atoms with Gasteiger partial charge < -0.3 is 59.1 Å². The molecular formula is C36H56O13. The molecule has 7 rings (SSSR count). The monoisotopic (exact) mass is 696 g/mol. The van der Waals surface area contributed by atoms with E-state index in [1.807, 2.05) is 0 Å². The third-order valence-corrected chi connectivity index (χ3v) is 14.5. The highest BCUT2D eigenvalue weighted by atomic mass is 16.7. The van der Waals surface area contributed by atoms with Crippen LogP contribution in [-0.4, -0.2) is 130 Å². The van der Waals surface area contributed by atoms with E-state index in [0.717, 1.165) is 44.1 Å². The Kier molecular flexibility index (Phi) is 9.60. The van der Waals surface area contributed by atoms with Crippen molar-refractivity contribution in [2.75, 3.05) is 20.3 Å². The molecule has 2 saturated heterocycles. The molecule has 6 N–H and O–H groups in total. The van der Waals surface area contributed by atoms with E-state index in [0.29, 0.717) is 32.3 Å². The van der Waals surface area contributed by atoms with Gasteiger partial charge in [0, 0.05) is 31.4 Å². The van der Waals surface area contributed by atoms with Gasteiger partial charge in [-0.3, -0.25) is 0 Å². The van der Waals surface area contributed by atoms with E-state index in [2.05, 4.69) is 13.8 Å². The predicted octanol–water partition coefficient (Wildman–Crippen LogP) is 1.08. The Morgan fingerprint density at radius 3 is 2.33 bits per heavy atom. The third kappa shape index (κ3) is 5.65. The number of carbonyl (C=O) groups is 1. The van der Waals surface area contributed by atoms with E-state index in [9.17, 15) is 35.4 Å². The van der Waals surface area contributed by atoms with Crippen LogP contribution < -0.4 is 0 Å². The maximum absolute atomic E-state index is 12.5. The van der Waals surface area contributed by atoms with Gasteiger partial charge in [-0.25, -0.2) is 4.79 Å². The Balaban J connectivity index is 0.994. The number of carbonyl (C=O) groups excluding carboxylic acids is 1. The molecule has 278 valence electrons. The normalized spacial score (nSPS) is 54.4. The van der Waals surface area contributed by atoms with Gasteiger partial charge in [0.25, 0.3) is 0 Å². The van der Waals surface area contributed by atoms with Crippen LogP contribution in [0.5, 0.6) is 0 Å². The predicted molar refractivity (Wildman–Crippen MR) is 170 cm³/mol. The minimum absolute atomic E-state index is 0.0724. The first kappa shape index (κ1) is 36.1. The van der Waals surface area contributed by atoms with Crippen molar-refractivity contribution in [3.05, 3.63) is 11.6 Å². The highest BCUT2D eigenvalue weighted by Crippen LogP contribution is 2.70. The molecule has 0 bridgehead atoms. The van der Waals surface area contributed by atoms with Gasteiger partial charge in [-0.2, -0.15) is 0 Å². The summed E-state index contributed by atoms with van der Waals surface area (Å²) >= 11 is 0. The number of ether oxygens (including phenoxy) is 6. The van der Waals surface area contributed by atoms with Crippen molar-refractivity contribution in [2.24, 2.45) is 28.6 Å². The highest BCUT2D eigenvalue weighted by Gasteiger charge is 2.70. The van der Waals surface area contributed by atoms with Crippen LogP contribution in [0, 0.1) is 28.6 Å². The molecule has 3 aliphatic heterocycles. The molecule has 0 aromatic carbocycles. The van der Waals surface area contributed by atoms with Gasteiger partial charge >= 0.3 is 5.97 Å². The molecule has 0 amide bonds. The topological polar surface area (TPSA) is 194 Å². The molecule has 17 atom stereocenters. The maximum atomic E-state index is 12.5. The summed E-state index contributed by atoms with van der Waals surface area (Å²) in [6.07, 6.45) is -1.10. The molecule has 0 spiro atoms. The molecule has 13 nitrogen and oxygen atoms in total. The largest absolute Gasteiger partial charge is 0.458 e. The van der Waals surface area contributed by atoms with E-state index in [4.69, 9.17) is 28.4 Å². The van der Waals surface area contributed by atoms with Gasteiger partial charge in [-0.05, 0) is 87.0 Å². The zero-order valence-electron chi connectivity index (χ0n) is 29.1. The van der Waals surface area contributed by atoms with Crippen molar-refractivity contribution in [3.63, 3.8) is 0 Å². The lowest BCUT2D eigenvalue weighted by atomic mass is 9.42. The summed E-state index contributed by atoms with van der Waals surface area (Å²) in [6.45, 7) is 5.98. The molecular weight excluding hydrogens is 640 g/mol. The number of rotatable bonds is 7. The lowest BCUT2D eigenvalue weighted by Crippen LogP contribution is -2.67. The van der Waals surface area contributed by atoms with Crippen LogP contribution >= 0.6 is 0 Å². The fourth-order valence-electron chi connectivity index (χ4n) is 11.5. The summed E-state index contributed by atoms with van der Waals surface area (Å²) in [5, 5.41) is 65.4.